The van der Waals surface area contributed by atoms with Crippen LogP contribution in [0.2, 0.25) is 0 Å². The number of rotatable bonds is 7. The summed E-state index contributed by atoms with van der Waals surface area (Å²) in [7, 11) is 1.78. The first-order valence-corrected chi connectivity index (χ1v) is 10.2. The van der Waals surface area contributed by atoms with E-state index < -0.39 is 23.4 Å². The van der Waals surface area contributed by atoms with Gasteiger partial charge in [-0.15, -0.1) is 0 Å². The van der Waals surface area contributed by atoms with Gasteiger partial charge in [0, 0.05) is 18.3 Å². The van der Waals surface area contributed by atoms with Crippen molar-refractivity contribution in [3.8, 4) is 5.69 Å². The lowest BCUT2D eigenvalue weighted by molar-refractivity contribution is -0.139. The van der Waals surface area contributed by atoms with Gasteiger partial charge in [0.2, 0.25) is 0 Å². The number of nitrogens with zero attached hydrogens (tertiary/aromatic N) is 4. The Morgan fingerprint density at radius 3 is 2.44 bits per heavy atom. The van der Waals surface area contributed by atoms with Crippen LogP contribution in [-0.4, -0.2) is 51.1 Å². The number of hydrogen-bond acceptors (Lipinski definition) is 5. The van der Waals surface area contributed by atoms with Crippen LogP contribution in [0.4, 0.5) is 4.79 Å². The number of carbonyl (C=O) groups is 3. The van der Waals surface area contributed by atoms with E-state index in [2.05, 4.69) is 15.8 Å². The van der Waals surface area contributed by atoms with Crippen LogP contribution in [0.15, 0.2) is 73.1 Å². The fourth-order valence-electron chi connectivity index (χ4n) is 3.64. The highest BCUT2D eigenvalue weighted by molar-refractivity contribution is 6.08. The topological polar surface area (TPSA) is 99.6 Å². The zero-order valence-corrected chi connectivity index (χ0v) is 17.9. The SMILES string of the molecule is CN(CC(=O)NN1C(=O)N[C@@](C)(c2ccccc2)C1=O)Cc1cnn(-c2ccccc2)c1. The van der Waals surface area contributed by atoms with Crippen LogP contribution in [0.1, 0.15) is 18.1 Å². The fourth-order valence-corrected chi connectivity index (χ4v) is 3.64. The maximum Gasteiger partial charge on any atom is 0.344 e. The molecule has 0 spiro atoms. The van der Waals surface area contributed by atoms with Crippen LogP contribution in [0.5, 0.6) is 0 Å². The van der Waals surface area contributed by atoms with E-state index >= 15 is 0 Å². The molecule has 1 saturated heterocycles. The summed E-state index contributed by atoms with van der Waals surface area (Å²) in [6.45, 7) is 2.09. The second-order valence-electron chi connectivity index (χ2n) is 7.90. The second kappa shape index (κ2) is 8.64. The number of imide groups is 1. The van der Waals surface area contributed by atoms with Gasteiger partial charge in [-0.2, -0.15) is 10.1 Å². The molecule has 32 heavy (non-hydrogen) atoms. The third kappa shape index (κ3) is 4.23. The van der Waals surface area contributed by atoms with Gasteiger partial charge in [0.05, 0.1) is 18.4 Å². The van der Waals surface area contributed by atoms with E-state index in [0.717, 1.165) is 16.3 Å². The number of hydrazine groups is 1. The van der Waals surface area contributed by atoms with Crippen molar-refractivity contribution < 1.29 is 14.4 Å². The van der Waals surface area contributed by atoms with Crippen molar-refractivity contribution in [2.45, 2.75) is 19.0 Å². The number of nitrogens with one attached hydrogen (secondary N) is 2. The van der Waals surface area contributed by atoms with E-state index in [4.69, 9.17) is 0 Å². The first kappa shape index (κ1) is 21.3. The lowest BCUT2D eigenvalue weighted by Crippen LogP contribution is -2.50. The lowest BCUT2D eigenvalue weighted by atomic mass is 9.92. The Balaban J connectivity index is 1.35. The highest BCUT2D eigenvalue weighted by atomic mass is 16.2. The summed E-state index contributed by atoms with van der Waals surface area (Å²) >= 11 is 0. The predicted molar refractivity (Wildman–Crippen MR) is 117 cm³/mol. The first-order chi connectivity index (χ1) is 15.4. The molecule has 1 aromatic heterocycles. The molecular weight excluding hydrogens is 408 g/mol. The molecule has 164 valence electrons. The number of hydrogen-bond donors (Lipinski definition) is 2. The van der Waals surface area contributed by atoms with E-state index in [1.165, 1.54) is 0 Å². The highest BCUT2D eigenvalue weighted by Crippen LogP contribution is 2.27. The number of benzene rings is 2. The van der Waals surface area contributed by atoms with Crippen molar-refractivity contribution in [3.05, 3.63) is 84.2 Å². The Morgan fingerprint density at radius 2 is 1.75 bits per heavy atom. The number of urea groups is 1. The van der Waals surface area contributed by atoms with Crippen LogP contribution < -0.4 is 10.7 Å². The summed E-state index contributed by atoms with van der Waals surface area (Å²) in [5, 5.41) is 7.76. The summed E-state index contributed by atoms with van der Waals surface area (Å²) in [5.41, 5.74) is 3.70. The van der Waals surface area contributed by atoms with Crippen LogP contribution in [0.25, 0.3) is 5.69 Å². The van der Waals surface area contributed by atoms with Gasteiger partial charge >= 0.3 is 6.03 Å². The van der Waals surface area contributed by atoms with Crippen molar-refractivity contribution in [2.75, 3.05) is 13.6 Å². The smallest absolute Gasteiger partial charge is 0.318 e. The maximum absolute atomic E-state index is 12.9. The van der Waals surface area contributed by atoms with Crippen LogP contribution in [0.3, 0.4) is 0 Å². The Bertz CT molecular complexity index is 1130. The lowest BCUT2D eigenvalue weighted by Gasteiger charge is -2.22. The molecule has 4 amide bonds. The van der Waals surface area contributed by atoms with Gasteiger partial charge in [-0.1, -0.05) is 48.5 Å². The minimum Gasteiger partial charge on any atom is -0.318 e. The van der Waals surface area contributed by atoms with E-state index in [1.54, 1.807) is 54.0 Å². The van der Waals surface area contributed by atoms with Crippen molar-refractivity contribution >= 4 is 17.8 Å². The summed E-state index contributed by atoms with van der Waals surface area (Å²) in [6, 6.07) is 18.0. The molecule has 3 aromatic rings. The molecule has 2 N–H and O–H groups in total. The standard InChI is InChI=1S/C23H24N6O3/c1-23(18-9-5-3-6-10-18)21(31)29(22(32)25-23)26-20(30)16-27(2)14-17-13-24-28(15-17)19-11-7-4-8-12-19/h3-13,15H,14,16H2,1-2H3,(H,25,32)(H,26,30)/t23-/m0/s1. The largest absolute Gasteiger partial charge is 0.344 e. The molecule has 0 unspecified atom stereocenters. The number of para-hydroxylation sites is 1. The quantitative estimate of drug-likeness (QED) is 0.555. The molecule has 4 rings (SSSR count). The zero-order chi connectivity index (χ0) is 22.7. The molecule has 0 aliphatic carbocycles. The Labute approximate surface area is 185 Å². The minimum absolute atomic E-state index is 0.00434. The Kier molecular flexibility index (Phi) is 5.74. The van der Waals surface area contributed by atoms with Gasteiger partial charge in [-0.05, 0) is 31.7 Å². The molecule has 9 heteroatoms. The van der Waals surface area contributed by atoms with Gasteiger partial charge in [-0.25, -0.2) is 9.48 Å². The normalized spacial score (nSPS) is 18.2. The van der Waals surface area contributed by atoms with Crippen LogP contribution in [0, 0.1) is 0 Å². The van der Waals surface area contributed by atoms with Crippen molar-refractivity contribution in [3.63, 3.8) is 0 Å². The molecule has 2 heterocycles. The monoisotopic (exact) mass is 432 g/mol. The van der Waals surface area contributed by atoms with Crippen molar-refractivity contribution in [1.29, 1.82) is 0 Å². The zero-order valence-electron chi connectivity index (χ0n) is 17.9. The van der Waals surface area contributed by atoms with Gasteiger partial charge < -0.3 is 5.32 Å². The molecule has 1 atom stereocenters. The average molecular weight is 432 g/mol. The molecule has 1 fully saturated rings. The van der Waals surface area contributed by atoms with Crippen LogP contribution in [-0.2, 0) is 21.7 Å². The average Bonchev–Trinajstić information content (AvgIpc) is 3.33. The van der Waals surface area contributed by atoms with Crippen molar-refractivity contribution in [2.24, 2.45) is 0 Å². The number of likely N-dealkylation sites (N-methyl/N-ethyl adjacent to an activating group) is 1. The molecular formula is C23H24N6O3. The number of amides is 4. The molecule has 1 aliphatic rings. The van der Waals surface area contributed by atoms with Crippen LogP contribution >= 0.6 is 0 Å². The molecule has 9 nitrogen and oxygen atoms in total. The van der Waals surface area contributed by atoms with E-state index in [-0.39, 0.29) is 6.54 Å². The fraction of sp³-hybridized carbons (Fsp3) is 0.217. The van der Waals surface area contributed by atoms with Gasteiger partial charge in [0.1, 0.15) is 5.54 Å². The minimum atomic E-state index is -1.23. The number of carbonyl (C=O) groups excluding carboxylic acids is 3. The molecule has 0 radical (unpaired) electrons. The summed E-state index contributed by atoms with van der Waals surface area (Å²) in [6.07, 6.45) is 3.64. The third-order valence-corrected chi connectivity index (χ3v) is 5.30. The summed E-state index contributed by atoms with van der Waals surface area (Å²) in [5.74, 6) is -1.00. The molecule has 0 bridgehead atoms. The van der Waals surface area contributed by atoms with Gasteiger partial charge in [0.25, 0.3) is 11.8 Å². The Morgan fingerprint density at radius 1 is 1.09 bits per heavy atom. The van der Waals surface area contributed by atoms with E-state index in [1.807, 2.05) is 42.6 Å². The summed E-state index contributed by atoms with van der Waals surface area (Å²) < 4.78 is 1.76. The molecule has 0 saturated carbocycles. The molecule has 1 aliphatic heterocycles. The predicted octanol–water partition coefficient (Wildman–Crippen LogP) is 1.80. The molecule has 2 aromatic carbocycles. The van der Waals surface area contributed by atoms with E-state index in [9.17, 15) is 14.4 Å². The van der Waals surface area contributed by atoms with E-state index in [0.29, 0.717) is 12.1 Å². The summed E-state index contributed by atoms with van der Waals surface area (Å²) in [4.78, 5) is 39.6. The third-order valence-electron chi connectivity index (χ3n) is 5.30. The number of aromatic nitrogens is 2. The first-order valence-electron chi connectivity index (χ1n) is 10.2. The Hall–Kier alpha value is -3.98. The highest BCUT2D eigenvalue weighted by Gasteiger charge is 2.49. The van der Waals surface area contributed by atoms with Gasteiger partial charge in [0.15, 0.2) is 0 Å². The maximum atomic E-state index is 12.9. The second-order valence-corrected chi connectivity index (χ2v) is 7.90. The van der Waals surface area contributed by atoms with Crippen molar-refractivity contribution in [1.82, 2.24) is 30.4 Å². The van der Waals surface area contributed by atoms with Gasteiger partial charge in [-0.3, -0.25) is 19.9 Å².